The van der Waals surface area contributed by atoms with Crippen molar-refractivity contribution in [2.24, 2.45) is 0 Å². The lowest BCUT2D eigenvalue weighted by Crippen LogP contribution is -2.45. The number of carbonyl (C=O) groups excluding carboxylic acids is 1. The number of benzene rings is 1. The van der Waals surface area contributed by atoms with Gasteiger partial charge in [-0.15, -0.1) is 0 Å². The first-order valence-corrected chi connectivity index (χ1v) is 7.95. The fourth-order valence-electron chi connectivity index (χ4n) is 2.91. The largest absolute Gasteiger partial charge is 0.399 e. The van der Waals surface area contributed by atoms with Crippen molar-refractivity contribution in [1.29, 1.82) is 0 Å². The molecule has 5 heteroatoms. The van der Waals surface area contributed by atoms with Gasteiger partial charge in [-0.05, 0) is 44.0 Å². The number of nitrogens with zero attached hydrogens (tertiary/aromatic N) is 2. The van der Waals surface area contributed by atoms with Crippen LogP contribution in [0.25, 0.3) is 0 Å². The summed E-state index contributed by atoms with van der Waals surface area (Å²) in [5, 5.41) is 0.462. The predicted octanol–water partition coefficient (Wildman–Crippen LogP) is 2.87. The molecule has 4 nitrogen and oxygen atoms in total. The summed E-state index contributed by atoms with van der Waals surface area (Å²) in [6.07, 6.45) is 3.21. The van der Waals surface area contributed by atoms with Crippen molar-refractivity contribution in [3.05, 3.63) is 28.8 Å². The van der Waals surface area contributed by atoms with Gasteiger partial charge in [-0.25, -0.2) is 0 Å². The van der Waals surface area contributed by atoms with Crippen molar-refractivity contribution in [1.82, 2.24) is 9.80 Å². The summed E-state index contributed by atoms with van der Waals surface area (Å²) < 4.78 is 0. The Balaban J connectivity index is 2.01. The van der Waals surface area contributed by atoms with Crippen molar-refractivity contribution in [3.63, 3.8) is 0 Å². The van der Waals surface area contributed by atoms with Crippen LogP contribution in [-0.2, 0) is 0 Å². The molecule has 0 aromatic heterocycles. The van der Waals surface area contributed by atoms with Gasteiger partial charge in [-0.1, -0.05) is 18.5 Å². The van der Waals surface area contributed by atoms with E-state index in [-0.39, 0.29) is 11.9 Å². The summed E-state index contributed by atoms with van der Waals surface area (Å²) in [4.78, 5) is 16.9. The van der Waals surface area contributed by atoms with E-state index in [4.69, 9.17) is 17.3 Å². The van der Waals surface area contributed by atoms with E-state index in [2.05, 4.69) is 11.8 Å². The van der Waals surface area contributed by atoms with E-state index in [1.165, 1.54) is 6.42 Å². The van der Waals surface area contributed by atoms with Crippen molar-refractivity contribution >= 4 is 23.2 Å². The van der Waals surface area contributed by atoms with Crippen LogP contribution >= 0.6 is 11.6 Å². The number of anilines is 1. The maximum absolute atomic E-state index is 12.6. The highest BCUT2D eigenvalue weighted by Gasteiger charge is 2.26. The van der Waals surface area contributed by atoms with Gasteiger partial charge in [0, 0.05) is 31.9 Å². The number of nitrogen functional groups attached to an aromatic ring is 1. The monoisotopic (exact) mass is 309 g/mol. The molecule has 1 fully saturated rings. The van der Waals surface area contributed by atoms with Crippen molar-refractivity contribution in [2.45, 2.75) is 32.2 Å². The number of hydrogen-bond donors (Lipinski definition) is 1. The second-order valence-electron chi connectivity index (χ2n) is 5.73. The summed E-state index contributed by atoms with van der Waals surface area (Å²) in [5.41, 5.74) is 6.82. The van der Waals surface area contributed by atoms with E-state index in [9.17, 15) is 4.79 Å². The first-order valence-electron chi connectivity index (χ1n) is 7.57. The van der Waals surface area contributed by atoms with Gasteiger partial charge in [-0.3, -0.25) is 4.79 Å². The maximum Gasteiger partial charge on any atom is 0.255 e. The molecule has 21 heavy (non-hydrogen) atoms. The van der Waals surface area contributed by atoms with Gasteiger partial charge in [0.1, 0.15) is 0 Å². The van der Waals surface area contributed by atoms with Crippen LogP contribution in [0.4, 0.5) is 5.69 Å². The third-order valence-corrected chi connectivity index (χ3v) is 4.52. The Morgan fingerprint density at radius 1 is 1.43 bits per heavy atom. The molecule has 1 heterocycles. The first kappa shape index (κ1) is 16.1. The van der Waals surface area contributed by atoms with Gasteiger partial charge in [0.25, 0.3) is 5.91 Å². The van der Waals surface area contributed by atoms with Crippen molar-refractivity contribution < 1.29 is 4.79 Å². The minimum absolute atomic E-state index is 0.0405. The smallest absolute Gasteiger partial charge is 0.255 e. The highest BCUT2D eigenvalue weighted by atomic mass is 35.5. The quantitative estimate of drug-likeness (QED) is 0.870. The number of rotatable bonds is 4. The lowest BCUT2D eigenvalue weighted by Gasteiger charge is -2.36. The predicted molar refractivity (Wildman–Crippen MR) is 87.7 cm³/mol. The Morgan fingerprint density at radius 2 is 2.10 bits per heavy atom. The molecule has 1 aromatic rings. The van der Waals surface area contributed by atoms with Crippen LogP contribution in [0.2, 0.25) is 5.02 Å². The average Bonchev–Trinajstić information content (AvgIpc) is 2.49. The molecule has 0 atom stereocenters. The van der Waals surface area contributed by atoms with Crippen LogP contribution < -0.4 is 5.73 Å². The van der Waals surface area contributed by atoms with Crippen molar-refractivity contribution in [2.75, 3.05) is 32.4 Å². The zero-order chi connectivity index (χ0) is 15.4. The van der Waals surface area contributed by atoms with Crippen LogP contribution in [0, 0.1) is 0 Å². The minimum atomic E-state index is -0.0405. The van der Waals surface area contributed by atoms with Gasteiger partial charge >= 0.3 is 0 Å². The molecule has 0 aliphatic carbocycles. The van der Waals surface area contributed by atoms with Crippen LogP contribution in [0.5, 0.6) is 0 Å². The molecule has 1 aliphatic heterocycles. The molecule has 2 N–H and O–H groups in total. The zero-order valence-electron chi connectivity index (χ0n) is 12.8. The van der Waals surface area contributed by atoms with Gasteiger partial charge in [-0.2, -0.15) is 0 Å². The van der Waals surface area contributed by atoms with Gasteiger partial charge in [0.2, 0.25) is 0 Å². The number of carbonyl (C=O) groups is 1. The molecule has 1 amide bonds. The van der Waals surface area contributed by atoms with E-state index < -0.39 is 0 Å². The van der Waals surface area contributed by atoms with E-state index in [1.807, 2.05) is 11.9 Å². The average molecular weight is 310 g/mol. The number of likely N-dealkylation sites (tertiary alicyclic amines) is 1. The Hall–Kier alpha value is -1.26. The summed E-state index contributed by atoms with van der Waals surface area (Å²) in [7, 11) is 1.86. The molecule has 116 valence electrons. The topological polar surface area (TPSA) is 49.6 Å². The van der Waals surface area contributed by atoms with E-state index >= 15 is 0 Å². The molecule has 1 saturated heterocycles. The Bertz CT molecular complexity index is 498. The lowest BCUT2D eigenvalue weighted by atomic mass is 10.0. The maximum atomic E-state index is 12.6. The van der Waals surface area contributed by atoms with Gasteiger partial charge in [0.15, 0.2) is 0 Å². The second-order valence-corrected chi connectivity index (χ2v) is 6.14. The number of hydrogen-bond acceptors (Lipinski definition) is 3. The van der Waals surface area contributed by atoms with E-state index in [1.54, 1.807) is 18.2 Å². The number of nitrogens with two attached hydrogens (primary N) is 1. The third-order valence-electron chi connectivity index (χ3n) is 4.19. The molecule has 0 unspecified atom stereocenters. The molecule has 0 spiro atoms. The standard InChI is InChI=1S/C16H24ClN3O/c1-3-8-20-9-6-13(7-10-20)19(2)16(21)14-11-12(18)4-5-15(14)17/h4-5,11,13H,3,6-10,18H2,1-2H3. The molecular weight excluding hydrogens is 286 g/mol. The summed E-state index contributed by atoms with van der Waals surface area (Å²) in [6.45, 7) is 5.45. The highest BCUT2D eigenvalue weighted by molar-refractivity contribution is 6.34. The normalized spacial score (nSPS) is 16.9. The zero-order valence-corrected chi connectivity index (χ0v) is 13.6. The number of piperidine rings is 1. The van der Waals surface area contributed by atoms with Gasteiger partial charge < -0.3 is 15.5 Å². The van der Waals surface area contributed by atoms with E-state index in [0.717, 1.165) is 32.5 Å². The molecular formula is C16H24ClN3O. The summed E-state index contributed by atoms with van der Waals surface area (Å²) in [6, 6.07) is 5.33. The van der Waals surface area contributed by atoms with Crippen LogP contribution in [0.1, 0.15) is 36.5 Å². The van der Waals surface area contributed by atoms with Gasteiger partial charge in [0.05, 0.1) is 10.6 Å². The number of halogens is 1. The Labute approximate surface area is 131 Å². The third kappa shape index (κ3) is 3.89. The molecule has 0 bridgehead atoms. The molecule has 0 radical (unpaired) electrons. The second kappa shape index (κ2) is 7.14. The molecule has 2 rings (SSSR count). The fraction of sp³-hybridized carbons (Fsp3) is 0.562. The summed E-state index contributed by atoms with van der Waals surface area (Å²) >= 11 is 6.13. The van der Waals surface area contributed by atoms with Crippen LogP contribution in [0.3, 0.4) is 0 Å². The highest BCUT2D eigenvalue weighted by Crippen LogP contribution is 2.23. The molecule has 1 aromatic carbocycles. The van der Waals surface area contributed by atoms with Crippen LogP contribution in [-0.4, -0.2) is 48.4 Å². The minimum Gasteiger partial charge on any atom is -0.399 e. The van der Waals surface area contributed by atoms with Crippen LogP contribution in [0.15, 0.2) is 18.2 Å². The SMILES string of the molecule is CCCN1CCC(N(C)C(=O)c2cc(N)ccc2Cl)CC1. The number of amides is 1. The summed E-state index contributed by atoms with van der Waals surface area (Å²) in [5.74, 6) is -0.0405. The lowest BCUT2D eigenvalue weighted by molar-refractivity contribution is 0.0643. The Kier molecular flexibility index (Phi) is 5.48. The fourth-order valence-corrected chi connectivity index (χ4v) is 3.11. The Morgan fingerprint density at radius 3 is 2.71 bits per heavy atom. The molecule has 0 saturated carbocycles. The van der Waals surface area contributed by atoms with Crippen molar-refractivity contribution in [3.8, 4) is 0 Å². The first-order chi connectivity index (χ1) is 10.0. The molecule has 1 aliphatic rings. The van der Waals surface area contributed by atoms with E-state index in [0.29, 0.717) is 16.3 Å².